The average Bonchev–Trinajstić information content (AvgIpc) is 2.82. The largest absolute Gasteiger partial charge is 0.444 e. The molecule has 1 aromatic heterocycles. The summed E-state index contributed by atoms with van der Waals surface area (Å²) < 4.78 is 20.4. The van der Waals surface area contributed by atoms with E-state index in [1.54, 1.807) is 31.6 Å². The third-order valence-corrected chi connectivity index (χ3v) is 2.86. The fourth-order valence-electron chi connectivity index (χ4n) is 1.95. The number of carbonyl (C=O) groups is 1. The van der Waals surface area contributed by atoms with Crippen LogP contribution in [0, 0.1) is 5.82 Å². The molecule has 0 aliphatic heterocycles. The number of carbonyl (C=O) groups excluding carboxylic acids is 1. The van der Waals surface area contributed by atoms with Gasteiger partial charge < -0.3 is 10.1 Å². The van der Waals surface area contributed by atoms with Gasteiger partial charge in [0.25, 0.3) is 0 Å². The van der Waals surface area contributed by atoms with Crippen molar-refractivity contribution in [2.24, 2.45) is 7.05 Å². The molecule has 2 aromatic rings. The lowest BCUT2D eigenvalue weighted by Crippen LogP contribution is -2.27. The van der Waals surface area contributed by atoms with Crippen molar-refractivity contribution >= 4 is 17.5 Å². The van der Waals surface area contributed by atoms with E-state index in [0.29, 0.717) is 17.9 Å². The van der Waals surface area contributed by atoms with Crippen LogP contribution < -0.4 is 10.6 Å². The Hall–Kier alpha value is -2.57. The Bertz CT molecular complexity index is 692. The van der Waals surface area contributed by atoms with Crippen molar-refractivity contribution < 1.29 is 13.9 Å². The van der Waals surface area contributed by atoms with Crippen LogP contribution in [0.2, 0.25) is 0 Å². The fourth-order valence-corrected chi connectivity index (χ4v) is 1.95. The molecule has 1 amide bonds. The number of nitrogens with one attached hydrogen (secondary N) is 2. The lowest BCUT2D eigenvalue weighted by molar-refractivity contribution is 0.0636. The second-order valence-electron chi connectivity index (χ2n) is 6.19. The minimum absolute atomic E-state index is 0.395. The molecule has 0 unspecified atom stereocenters. The first kappa shape index (κ1) is 16.8. The quantitative estimate of drug-likeness (QED) is 0.904. The number of hydrogen-bond donors (Lipinski definition) is 2. The molecule has 0 fully saturated rings. The summed E-state index contributed by atoms with van der Waals surface area (Å²) in [7, 11) is 1.82. The molecule has 124 valence electrons. The number of benzene rings is 1. The summed E-state index contributed by atoms with van der Waals surface area (Å²) in [5.74, 6) is -0.395. The van der Waals surface area contributed by atoms with Crippen molar-refractivity contribution in [1.82, 2.24) is 9.78 Å². The zero-order valence-corrected chi connectivity index (χ0v) is 13.7. The van der Waals surface area contributed by atoms with Crippen LogP contribution in [0.15, 0.2) is 30.6 Å². The molecule has 0 saturated heterocycles. The van der Waals surface area contributed by atoms with Crippen LogP contribution in [-0.2, 0) is 18.3 Å². The molecular weight excluding hydrogens is 299 g/mol. The highest BCUT2D eigenvalue weighted by Gasteiger charge is 2.17. The summed E-state index contributed by atoms with van der Waals surface area (Å²) in [4.78, 5) is 11.9. The monoisotopic (exact) mass is 320 g/mol. The van der Waals surface area contributed by atoms with Crippen LogP contribution in [0.3, 0.4) is 0 Å². The molecule has 6 nitrogen and oxygen atoms in total. The number of ether oxygens (including phenoxy) is 1. The predicted molar refractivity (Wildman–Crippen MR) is 86.8 cm³/mol. The first-order chi connectivity index (χ1) is 10.7. The smallest absolute Gasteiger partial charge is 0.412 e. The van der Waals surface area contributed by atoms with E-state index >= 15 is 0 Å². The van der Waals surface area contributed by atoms with Gasteiger partial charge in [0.1, 0.15) is 11.4 Å². The Morgan fingerprint density at radius 1 is 1.35 bits per heavy atom. The highest BCUT2D eigenvalue weighted by molar-refractivity contribution is 5.89. The van der Waals surface area contributed by atoms with E-state index in [2.05, 4.69) is 15.7 Å². The fraction of sp³-hybridized carbons (Fsp3) is 0.375. The lowest BCUT2D eigenvalue weighted by atomic mass is 10.2. The van der Waals surface area contributed by atoms with Gasteiger partial charge in [0.15, 0.2) is 0 Å². The molecule has 1 heterocycles. The third kappa shape index (κ3) is 5.28. The van der Waals surface area contributed by atoms with Crippen molar-refractivity contribution in [2.75, 3.05) is 10.6 Å². The first-order valence-corrected chi connectivity index (χ1v) is 7.24. The standard InChI is InChI=1S/C16H21FN4O2/c1-16(2,3)23-15(22)20-13-6-5-12(17)7-14(13)18-8-11-9-19-21(4)10-11/h5-7,9-10,18H,8H2,1-4H3,(H,20,22). The van der Waals surface area contributed by atoms with Gasteiger partial charge in [-0.2, -0.15) is 5.10 Å². The van der Waals surface area contributed by atoms with E-state index < -0.39 is 17.5 Å². The minimum atomic E-state index is -0.604. The molecule has 0 spiro atoms. The normalized spacial score (nSPS) is 11.2. The summed E-state index contributed by atoms with van der Waals surface area (Å²) in [5.41, 5.74) is 1.26. The molecule has 2 N–H and O–H groups in total. The van der Waals surface area contributed by atoms with E-state index in [1.165, 1.54) is 18.2 Å². The number of hydrogen-bond acceptors (Lipinski definition) is 4. The third-order valence-electron chi connectivity index (χ3n) is 2.86. The van der Waals surface area contributed by atoms with Gasteiger partial charge in [-0.3, -0.25) is 10.00 Å². The van der Waals surface area contributed by atoms with E-state index in [4.69, 9.17) is 4.74 Å². The number of amides is 1. The molecule has 0 atom stereocenters. The molecule has 0 aliphatic carbocycles. The second-order valence-corrected chi connectivity index (χ2v) is 6.19. The number of halogens is 1. The van der Waals surface area contributed by atoms with Crippen molar-refractivity contribution in [3.8, 4) is 0 Å². The summed E-state index contributed by atoms with van der Waals surface area (Å²) in [5, 5.41) is 9.78. The Morgan fingerprint density at radius 2 is 2.09 bits per heavy atom. The molecule has 1 aromatic carbocycles. The minimum Gasteiger partial charge on any atom is -0.444 e. The number of aryl methyl sites for hydroxylation is 1. The Kier molecular flexibility index (Phi) is 4.88. The Balaban J connectivity index is 2.09. The number of anilines is 2. The molecule has 7 heteroatoms. The number of nitrogens with zero attached hydrogens (tertiary/aromatic N) is 2. The average molecular weight is 320 g/mol. The van der Waals surface area contributed by atoms with E-state index in [-0.39, 0.29) is 0 Å². The van der Waals surface area contributed by atoms with Crippen LogP contribution >= 0.6 is 0 Å². The van der Waals surface area contributed by atoms with Gasteiger partial charge in [0, 0.05) is 25.4 Å². The second kappa shape index (κ2) is 6.68. The van der Waals surface area contributed by atoms with E-state index in [1.807, 2.05) is 13.2 Å². The van der Waals surface area contributed by atoms with Crippen molar-refractivity contribution in [2.45, 2.75) is 32.9 Å². The molecule has 0 radical (unpaired) electrons. The molecular formula is C16H21FN4O2. The maximum Gasteiger partial charge on any atom is 0.412 e. The van der Waals surface area contributed by atoms with E-state index in [0.717, 1.165) is 5.56 Å². The molecule has 2 rings (SSSR count). The highest BCUT2D eigenvalue weighted by Crippen LogP contribution is 2.24. The Morgan fingerprint density at radius 3 is 2.70 bits per heavy atom. The zero-order valence-electron chi connectivity index (χ0n) is 13.7. The van der Waals surface area contributed by atoms with Crippen molar-refractivity contribution in [3.63, 3.8) is 0 Å². The van der Waals surface area contributed by atoms with E-state index in [9.17, 15) is 9.18 Å². The van der Waals surface area contributed by atoms with Gasteiger partial charge in [-0.05, 0) is 39.0 Å². The number of aromatic nitrogens is 2. The van der Waals surface area contributed by atoms with Gasteiger partial charge in [-0.15, -0.1) is 0 Å². The highest BCUT2D eigenvalue weighted by atomic mass is 19.1. The maximum absolute atomic E-state index is 13.5. The van der Waals surface area contributed by atoms with Gasteiger partial charge in [0.2, 0.25) is 0 Å². The predicted octanol–water partition coefficient (Wildman–Crippen LogP) is 3.52. The van der Waals surface area contributed by atoms with Gasteiger partial charge in [-0.25, -0.2) is 9.18 Å². The van der Waals surface area contributed by atoms with Gasteiger partial charge in [0.05, 0.1) is 17.6 Å². The molecule has 23 heavy (non-hydrogen) atoms. The lowest BCUT2D eigenvalue weighted by Gasteiger charge is -2.20. The molecule has 0 saturated carbocycles. The summed E-state index contributed by atoms with van der Waals surface area (Å²) >= 11 is 0. The van der Waals surface area contributed by atoms with Crippen LogP contribution in [0.4, 0.5) is 20.6 Å². The summed E-state index contributed by atoms with van der Waals surface area (Å²) in [6, 6.07) is 4.09. The van der Waals surface area contributed by atoms with Crippen molar-refractivity contribution in [3.05, 3.63) is 42.0 Å². The van der Waals surface area contributed by atoms with Crippen LogP contribution in [0.25, 0.3) is 0 Å². The SMILES string of the molecule is Cn1cc(CNc2cc(F)ccc2NC(=O)OC(C)(C)C)cn1. The zero-order chi connectivity index (χ0) is 17.0. The van der Waals surface area contributed by atoms with Gasteiger partial charge in [-0.1, -0.05) is 0 Å². The topological polar surface area (TPSA) is 68.2 Å². The first-order valence-electron chi connectivity index (χ1n) is 7.24. The summed E-state index contributed by atoms with van der Waals surface area (Å²) in [6.45, 7) is 5.79. The van der Waals surface area contributed by atoms with Crippen LogP contribution in [-0.4, -0.2) is 21.5 Å². The molecule has 0 aliphatic rings. The van der Waals surface area contributed by atoms with Gasteiger partial charge >= 0.3 is 6.09 Å². The molecule has 0 bridgehead atoms. The number of rotatable bonds is 4. The van der Waals surface area contributed by atoms with Crippen molar-refractivity contribution in [1.29, 1.82) is 0 Å². The summed E-state index contributed by atoms with van der Waals surface area (Å²) in [6.07, 6.45) is 2.98. The maximum atomic E-state index is 13.5. The van der Waals surface area contributed by atoms with Crippen LogP contribution in [0.1, 0.15) is 26.3 Å². The van der Waals surface area contributed by atoms with Crippen LogP contribution in [0.5, 0.6) is 0 Å². The Labute approximate surface area is 134 Å².